The number of carbonyl (C=O) groups excluding carboxylic acids is 1. The Labute approximate surface area is 223 Å². The van der Waals surface area contributed by atoms with Crippen LogP contribution in [0.25, 0.3) is 0 Å². The molecule has 4 aromatic rings. The Morgan fingerprint density at radius 3 is 2.58 bits per heavy atom. The lowest BCUT2D eigenvalue weighted by atomic mass is 9.98. The van der Waals surface area contributed by atoms with E-state index in [9.17, 15) is 14.3 Å². The molecule has 4 heterocycles. The van der Waals surface area contributed by atoms with Crippen molar-refractivity contribution < 1.29 is 14.3 Å². The quantitative estimate of drug-likeness (QED) is 0.277. The number of amides is 1. The molecule has 1 aliphatic heterocycles. The lowest BCUT2D eigenvalue weighted by Gasteiger charge is -2.31. The van der Waals surface area contributed by atoms with Gasteiger partial charge in [0.2, 0.25) is 11.0 Å². The van der Waals surface area contributed by atoms with Crippen molar-refractivity contribution in [3.8, 4) is 0 Å². The Morgan fingerprint density at radius 1 is 1.05 bits per heavy atom. The van der Waals surface area contributed by atoms with Crippen LogP contribution in [0.2, 0.25) is 0 Å². The van der Waals surface area contributed by atoms with E-state index in [1.807, 2.05) is 30.3 Å². The Balaban J connectivity index is 1.08. The fourth-order valence-electron chi connectivity index (χ4n) is 4.27. The highest BCUT2D eigenvalue weighted by molar-refractivity contribution is 7.15. The smallest absolute Gasteiger partial charge is 0.230 e. The topological polar surface area (TPSA) is 129 Å². The number of aliphatic hydroxyl groups excluding tert-OH is 1. The summed E-state index contributed by atoms with van der Waals surface area (Å²) in [5.74, 6) is 0.980. The van der Waals surface area contributed by atoms with Crippen molar-refractivity contribution >= 4 is 34.0 Å². The van der Waals surface area contributed by atoms with E-state index in [0.717, 1.165) is 48.0 Å². The van der Waals surface area contributed by atoms with E-state index in [2.05, 4.69) is 40.9 Å². The van der Waals surface area contributed by atoms with Crippen LogP contribution in [-0.4, -0.2) is 55.7 Å². The van der Waals surface area contributed by atoms with E-state index in [-0.39, 0.29) is 24.1 Å². The van der Waals surface area contributed by atoms with E-state index < -0.39 is 6.23 Å². The summed E-state index contributed by atoms with van der Waals surface area (Å²) >= 11 is 1.39. The number of anilines is 3. The number of pyridine rings is 1. The molecule has 0 aliphatic carbocycles. The number of aliphatic hydroxyl groups is 1. The number of nitrogens with one attached hydrogen (secondary N) is 2. The van der Waals surface area contributed by atoms with Crippen LogP contribution in [0.15, 0.2) is 60.8 Å². The molecule has 0 spiro atoms. The zero-order valence-electron chi connectivity index (χ0n) is 20.5. The largest absolute Gasteiger partial charge is 0.373 e. The molecule has 1 aromatic carbocycles. The molecule has 1 aliphatic rings. The van der Waals surface area contributed by atoms with Crippen molar-refractivity contribution in [1.29, 1.82) is 0 Å². The third-order valence-corrected chi connectivity index (χ3v) is 7.23. The second-order valence-electron chi connectivity index (χ2n) is 9.02. The Hall–Kier alpha value is -4.03. The number of nitrogens with zero attached hydrogens (tertiary/aromatic N) is 6. The predicted octanol–water partition coefficient (Wildman–Crippen LogP) is 3.40. The molecule has 1 saturated heterocycles. The number of hydrogen-bond acceptors (Lipinski definition) is 10. The van der Waals surface area contributed by atoms with Crippen LogP contribution in [0.3, 0.4) is 0 Å². The minimum Gasteiger partial charge on any atom is -0.373 e. The molecular weight excluding hydrogens is 507 g/mol. The molecule has 196 valence electrons. The Bertz CT molecular complexity index is 1330. The van der Waals surface area contributed by atoms with Gasteiger partial charge in [0.1, 0.15) is 17.1 Å². The Morgan fingerprint density at radius 2 is 1.87 bits per heavy atom. The molecule has 12 heteroatoms. The molecular formula is C26H27FN8O2S. The summed E-state index contributed by atoms with van der Waals surface area (Å²) in [4.78, 5) is 18.7. The standard InChI is InChI=1S/C26H27FN8O2S/c27-19-6-4-17(5-7-19)15-23(36)30-26-34-33-25(38-26)18-10-13-35(14-11-18)22-9-8-21(31-32-22)29-24(37)16-20-3-1-2-12-28-20/h1-9,12,18,24,37H,10-11,13-16H2,(H,29,31)(H,30,34,36). The van der Waals surface area contributed by atoms with E-state index in [0.29, 0.717) is 17.4 Å². The first kappa shape index (κ1) is 25.6. The molecule has 3 aromatic heterocycles. The maximum atomic E-state index is 13.1. The number of aromatic nitrogens is 5. The number of halogens is 1. The zero-order valence-corrected chi connectivity index (χ0v) is 21.3. The normalized spacial score (nSPS) is 14.7. The van der Waals surface area contributed by atoms with Crippen LogP contribution in [0.4, 0.5) is 21.2 Å². The van der Waals surface area contributed by atoms with Gasteiger partial charge in [0.05, 0.1) is 6.42 Å². The summed E-state index contributed by atoms with van der Waals surface area (Å²) in [5, 5.41) is 34.3. The van der Waals surface area contributed by atoms with Gasteiger partial charge in [-0.1, -0.05) is 29.5 Å². The monoisotopic (exact) mass is 534 g/mol. The lowest BCUT2D eigenvalue weighted by Crippen LogP contribution is -2.33. The highest BCUT2D eigenvalue weighted by Crippen LogP contribution is 2.33. The third kappa shape index (κ3) is 6.84. The summed E-state index contributed by atoms with van der Waals surface area (Å²) in [6, 6.07) is 15.1. The zero-order chi connectivity index (χ0) is 26.3. The number of hydrogen-bond donors (Lipinski definition) is 3. The summed E-state index contributed by atoms with van der Waals surface area (Å²) < 4.78 is 13.1. The second kappa shape index (κ2) is 12.0. The highest BCUT2D eigenvalue weighted by atomic mass is 32.1. The van der Waals surface area contributed by atoms with Gasteiger partial charge >= 0.3 is 0 Å². The van der Waals surface area contributed by atoms with Crippen LogP contribution < -0.4 is 15.5 Å². The van der Waals surface area contributed by atoms with E-state index in [1.54, 1.807) is 18.3 Å². The minimum atomic E-state index is -0.815. The molecule has 5 rings (SSSR count). The molecule has 1 unspecified atom stereocenters. The molecule has 0 bridgehead atoms. The van der Waals surface area contributed by atoms with Gasteiger partial charge in [-0.05, 0) is 54.8 Å². The van der Waals surface area contributed by atoms with E-state index >= 15 is 0 Å². The maximum absolute atomic E-state index is 13.1. The number of rotatable bonds is 9. The fraction of sp³-hybridized carbons (Fsp3) is 0.308. The SMILES string of the molecule is O=C(Cc1ccc(F)cc1)Nc1nnc(C2CCN(c3ccc(NC(O)Cc4ccccn4)nn3)CC2)s1. The van der Waals surface area contributed by atoms with Gasteiger partial charge in [0.15, 0.2) is 11.6 Å². The first-order valence-electron chi connectivity index (χ1n) is 12.3. The molecule has 1 amide bonds. The highest BCUT2D eigenvalue weighted by Gasteiger charge is 2.25. The minimum absolute atomic E-state index is 0.145. The van der Waals surface area contributed by atoms with Gasteiger partial charge in [-0.15, -0.1) is 20.4 Å². The molecule has 3 N–H and O–H groups in total. The number of piperidine rings is 1. The molecule has 10 nitrogen and oxygen atoms in total. The van der Waals surface area contributed by atoms with Crippen molar-refractivity contribution in [2.75, 3.05) is 28.6 Å². The van der Waals surface area contributed by atoms with Crippen molar-refractivity contribution in [2.24, 2.45) is 0 Å². The van der Waals surface area contributed by atoms with Crippen molar-refractivity contribution in [2.45, 2.75) is 37.8 Å². The van der Waals surface area contributed by atoms with Crippen LogP contribution in [0, 0.1) is 5.82 Å². The first-order chi connectivity index (χ1) is 18.5. The summed E-state index contributed by atoms with van der Waals surface area (Å²) in [6.07, 6.45) is 3.14. The average molecular weight is 535 g/mol. The average Bonchev–Trinajstić information content (AvgIpc) is 3.39. The van der Waals surface area contributed by atoms with Gasteiger partial charge in [0, 0.05) is 37.3 Å². The second-order valence-corrected chi connectivity index (χ2v) is 10.0. The maximum Gasteiger partial charge on any atom is 0.230 e. The van der Waals surface area contributed by atoms with Gasteiger partial charge < -0.3 is 20.6 Å². The van der Waals surface area contributed by atoms with Gasteiger partial charge in [0.25, 0.3) is 0 Å². The molecule has 1 atom stereocenters. The predicted molar refractivity (Wildman–Crippen MR) is 142 cm³/mol. The fourth-order valence-corrected chi connectivity index (χ4v) is 5.19. The van der Waals surface area contributed by atoms with Crippen LogP contribution in [0.1, 0.15) is 35.0 Å². The van der Waals surface area contributed by atoms with Gasteiger partial charge in [-0.25, -0.2) is 4.39 Å². The Kier molecular flexibility index (Phi) is 8.09. The van der Waals surface area contributed by atoms with Gasteiger partial charge in [-0.3, -0.25) is 9.78 Å². The van der Waals surface area contributed by atoms with Crippen LogP contribution in [0.5, 0.6) is 0 Å². The molecule has 0 radical (unpaired) electrons. The van der Waals surface area contributed by atoms with E-state index in [4.69, 9.17) is 0 Å². The molecule has 0 saturated carbocycles. The van der Waals surface area contributed by atoms with Crippen LogP contribution >= 0.6 is 11.3 Å². The molecule has 1 fully saturated rings. The van der Waals surface area contributed by atoms with E-state index in [1.165, 1.54) is 23.5 Å². The summed E-state index contributed by atoms with van der Waals surface area (Å²) in [5.41, 5.74) is 1.52. The van der Waals surface area contributed by atoms with Crippen molar-refractivity contribution in [3.05, 3.63) is 82.9 Å². The molecule has 38 heavy (non-hydrogen) atoms. The summed E-state index contributed by atoms with van der Waals surface area (Å²) in [7, 11) is 0. The van der Waals surface area contributed by atoms with Gasteiger partial charge in [-0.2, -0.15) is 0 Å². The summed E-state index contributed by atoms with van der Waals surface area (Å²) in [6.45, 7) is 1.58. The number of carbonyl (C=O) groups is 1. The lowest BCUT2D eigenvalue weighted by molar-refractivity contribution is -0.115. The van der Waals surface area contributed by atoms with Crippen molar-refractivity contribution in [3.63, 3.8) is 0 Å². The first-order valence-corrected chi connectivity index (χ1v) is 13.1. The number of benzene rings is 1. The third-order valence-electron chi connectivity index (χ3n) is 6.23. The van der Waals surface area contributed by atoms with Crippen LogP contribution in [-0.2, 0) is 17.6 Å². The van der Waals surface area contributed by atoms with Crippen molar-refractivity contribution in [1.82, 2.24) is 25.4 Å².